The molecule has 0 bridgehead atoms. The molecule has 1 heterocycles. The van der Waals surface area contributed by atoms with Gasteiger partial charge in [-0.05, 0) is 11.7 Å². The maximum absolute atomic E-state index is 5.73. The molecule has 2 nitrogen and oxygen atoms in total. The van der Waals surface area contributed by atoms with Crippen molar-refractivity contribution >= 4 is 14.2 Å². The van der Waals surface area contributed by atoms with Gasteiger partial charge >= 0.3 is 0 Å². The molecular weight excluding hydrogens is 180 g/mol. The number of hydrogen-bond donors (Lipinski definition) is 0. The molecule has 1 aromatic rings. The van der Waals surface area contributed by atoms with Crippen LogP contribution in [0.1, 0.15) is 0 Å². The van der Waals surface area contributed by atoms with Crippen molar-refractivity contribution in [3.63, 3.8) is 0 Å². The summed E-state index contributed by atoms with van der Waals surface area (Å²) in [5, 5.41) is 1.33. The molecule has 0 aliphatic carbocycles. The van der Waals surface area contributed by atoms with E-state index in [0.717, 1.165) is 13.2 Å². The molecule has 1 radical (unpaired) electrons. The monoisotopic (exact) mass is 193 g/mol. The van der Waals surface area contributed by atoms with Gasteiger partial charge in [-0.25, -0.2) is 0 Å². The largest absolute Gasteiger partial charge is 0.409 e. The Morgan fingerprint density at radius 2 is 2.15 bits per heavy atom. The van der Waals surface area contributed by atoms with Gasteiger partial charge in [0, 0.05) is 0 Å². The van der Waals surface area contributed by atoms with Gasteiger partial charge in [0.15, 0.2) is 0 Å². The van der Waals surface area contributed by atoms with E-state index in [-0.39, 0.29) is 0 Å². The molecule has 0 N–H and O–H groups in total. The Morgan fingerprint density at radius 3 is 2.77 bits per heavy atom. The quantitative estimate of drug-likeness (QED) is 0.524. The summed E-state index contributed by atoms with van der Waals surface area (Å²) in [5.41, 5.74) is 0. The van der Waals surface area contributed by atoms with Crippen molar-refractivity contribution in [3.8, 4) is 0 Å². The number of rotatable bonds is 4. The van der Waals surface area contributed by atoms with Gasteiger partial charge in [0.25, 0.3) is 0 Å². The predicted molar refractivity (Wildman–Crippen MR) is 53.4 cm³/mol. The van der Waals surface area contributed by atoms with Crippen LogP contribution in [0.4, 0.5) is 0 Å². The molecule has 0 spiro atoms. The van der Waals surface area contributed by atoms with Crippen LogP contribution in [0.5, 0.6) is 0 Å². The predicted octanol–water partition coefficient (Wildman–Crippen LogP) is 0.930. The van der Waals surface area contributed by atoms with E-state index >= 15 is 0 Å². The van der Waals surface area contributed by atoms with Crippen LogP contribution in [-0.4, -0.2) is 28.4 Å². The molecule has 1 aromatic carbocycles. The van der Waals surface area contributed by atoms with Gasteiger partial charge in [-0.1, -0.05) is 30.3 Å². The molecular formula is C10H13O2Si. The summed E-state index contributed by atoms with van der Waals surface area (Å²) in [5.74, 6) is 0. The molecule has 0 saturated carbocycles. The molecule has 1 aliphatic heterocycles. The lowest BCUT2D eigenvalue weighted by atomic mass is 10.4. The molecule has 1 unspecified atom stereocenters. The molecule has 1 aliphatic rings. The molecule has 0 amide bonds. The lowest BCUT2D eigenvalue weighted by Gasteiger charge is -2.09. The average Bonchev–Trinajstić information content (AvgIpc) is 2.99. The minimum Gasteiger partial charge on any atom is -0.409 e. The van der Waals surface area contributed by atoms with Crippen LogP contribution in [0.3, 0.4) is 0 Å². The first-order valence-electron chi connectivity index (χ1n) is 4.49. The molecule has 13 heavy (non-hydrogen) atoms. The van der Waals surface area contributed by atoms with Crippen molar-refractivity contribution in [1.82, 2.24) is 0 Å². The molecule has 1 fully saturated rings. The Labute approximate surface area is 80.2 Å². The Hall–Kier alpha value is -0.643. The molecule has 1 saturated heterocycles. The molecule has 1 atom stereocenters. The zero-order valence-electron chi connectivity index (χ0n) is 7.69. The standard InChI is InChI=1S/C10H13O2Si/c1-13(12-8-9-7-11-9)10-5-3-2-4-6-10/h2-6,9H,7-8H2,1H3. The van der Waals surface area contributed by atoms with Crippen molar-refractivity contribution in [1.29, 1.82) is 0 Å². The van der Waals surface area contributed by atoms with Crippen LogP contribution in [0.25, 0.3) is 0 Å². The van der Waals surface area contributed by atoms with Crippen LogP contribution in [0, 0.1) is 0 Å². The number of hydrogen-bond acceptors (Lipinski definition) is 2. The Morgan fingerprint density at radius 1 is 1.46 bits per heavy atom. The minimum atomic E-state index is -0.802. The second-order valence-electron chi connectivity index (χ2n) is 3.19. The third kappa shape index (κ3) is 2.65. The maximum Gasteiger partial charge on any atom is 0.243 e. The van der Waals surface area contributed by atoms with Gasteiger partial charge in [-0.3, -0.25) is 0 Å². The summed E-state index contributed by atoms with van der Waals surface area (Å²) < 4.78 is 10.8. The van der Waals surface area contributed by atoms with E-state index in [1.807, 2.05) is 6.07 Å². The molecule has 0 aromatic heterocycles. The fourth-order valence-electron chi connectivity index (χ4n) is 1.14. The van der Waals surface area contributed by atoms with E-state index in [9.17, 15) is 0 Å². The fourth-order valence-corrected chi connectivity index (χ4v) is 2.40. The SMILES string of the molecule is C[Si](OCC1CO1)c1ccccc1. The van der Waals surface area contributed by atoms with Crippen molar-refractivity contribution in [2.24, 2.45) is 0 Å². The first kappa shape index (κ1) is 8.93. The first-order valence-corrected chi connectivity index (χ1v) is 6.40. The lowest BCUT2D eigenvalue weighted by molar-refractivity contribution is 0.269. The van der Waals surface area contributed by atoms with Gasteiger partial charge in [-0.15, -0.1) is 0 Å². The van der Waals surface area contributed by atoms with E-state index in [0.29, 0.717) is 6.10 Å². The summed E-state index contributed by atoms with van der Waals surface area (Å²) in [7, 11) is -0.802. The smallest absolute Gasteiger partial charge is 0.243 e. The third-order valence-electron chi connectivity index (χ3n) is 2.07. The van der Waals surface area contributed by atoms with Crippen molar-refractivity contribution in [2.75, 3.05) is 13.2 Å². The zero-order valence-corrected chi connectivity index (χ0v) is 8.69. The van der Waals surface area contributed by atoms with Crippen molar-refractivity contribution in [3.05, 3.63) is 30.3 Å². The topological polar surface area (TPSA) is 21.8 Å². The first-order chi connectivity index (χ1) is 6.36. The van der Waals surface area contributed by atoms with Crippen molar-refractivity contribution in [2.45, 2.75) is 12.7 Å². The summed E-state index contributed by atoms with van der Waals surface area (Å²) >= 11 is 0. The van der Waals surface area contributed by atoms with Gasteiger partial charge in [-0.2, -0.15) is 0 Å². The number of ether oxygens (including phenoxy) is 1. The average molecular weight is 193 g/mol. The highest BCUT2D eigenvalue weighted by molar-refractivity contribution is 6.66. The highest BCUT2D eigenvalue weighted by Crippen LogP contribution is 2.08. The second kappa shape index (κ2) is 4.04. The lowest BCUT2D eigenvalue weighted by Crippen LogP contribution is -2.31. The molecule has 69 valence electrons. The van der Waals surface area contributed by atoms with Gasteiger partial charge in [0.1, 0.15) is 6.10 Å². The summed E-state index contributed by atoms with van der Waals surface area (Å²) in [6, 6.07) is 10.4. The number of benzene rings is 1. The van der Waals surface area contributed by atoms with Crippen LogP contribution >= 0.6 is 0 Å². The number of epoxide rings is 1. The normalized spacial score (nSPS) is 20.6. The summed E-state index contributed by atoms with van der Waals surface area (Å²) in [6.07, 6.45) is 0.378. The van der Waals surface area contributed by atoms with Gasteiger partial charge in [0.2, 0.25) is 9.04 Å². The van der Waals surface area contributed by atoms with E-state index in [4.69, 9.17) is 9.16 Å². The van der Waals surface area contributed by atoms with Crippen LogP contribution < -0.4 is 5.19 Å². The van der Waals surface area contributed by atoms with E-state index < -0.39 is 9.04 Å². The maximum atomic E-state index is 5.73. The molecule has 3 heteroatoms. The van der Waals surface area contributed by atoms with Crippen LogP contribution in [0.15, 0.2) is 30.3 Å². The van der Waals surface area contributed by atoms with E-state index in [1.54, 1.807) is 0 Å². The highest BCUT2D eigenvalue weighted by Gasteiger charge is 2.23. The van der Waals surface area contributed by atoms with Gasteiger partial charge < -0.3 is 9.16 Å². The molecule has 2 rings (SSSR count). The van der Waals surface area contributed by atoms with Gasteiger partial charge in [0.05, 0.1) is 13.2 Å². The summed E-state index contributed by atoms with van der Waals surface area (Å²) in [4.78, 5) is 0. The minimum absolute atomic E-state index is 0.378. The van der Waals surface area contributed by atoms with Crippen molar-refractivity contribution < 1.29 is 9.16 Å². The third-order valence-corrected chi connectivity index (χ3v) is 3.81. The van der Waals surface area contributed by atoms with E-state index in [2.05, 4.69) is 30.8 Å². The Bertz CT molecular complexity index is 259. The van der Waals surface area contributed by atoms with Crippen LogP contribution in [0.2, 0.25) is 6.55 Å². The summed E-state index contributed by atoms with van der Waals surface area (Å²) in [6.45, 7) is 3.81. The Balaban J connectivity index is 1.85. The fraction of sp³-hybridized carbons (Fsp3) is 0.400. The highest BCUT2D eigenvalue weighted by atomic mass is 28.3. The van der Waals surface area contributed by atoms with Crippen LogP contribution in [-0.2, 0) is 9.16 Å². The zero-order chi connectivity index (χ0) is 9.10. The van der Waals surface area contributed by atoms with E-state index in [1.165, 1.54) is 5.19 Å². The second-order valence-corrected chi connectivity index (χ2v) is 5.17. The Kier molecular flexibility index (Phi) is 2.78.